The van der Waals surface area contributed by atoms with Crippen LogP contribution in [0.3, 0.4) is 0 Å². The Morgan fingerprint density at radius 1 is 0.381 bits per heavy atom. The number of rotatable bonds is 4. The quantitative estimate of drug-likeness (QED) is 0.164. The van der Waals surface area contributed by atoms with Crippen LogP contribution in [-0.4, -0.2) is 9.97 Å². The van der Waals surface area contributed by atoms with Gasteiger partial charge in [-0.3, -0.25) is 0 Å². The van der Waals surface area contributed by atoms with Crippen LogP contribution in [0.4, 0.5) is 0 Å². The normalized spacial score (nSPS) is 12.7. The van der Waals surface area contributed by atoms with Gasteiger partial charge in [0, 0.05) is 16.7 Å². The van der Waals surface area contributed by atoms with Crippen LogP contribution in [0.1, 0.15) is 5.48 Å². The predicted molar refractivity (Wildman–Crippen MR) is 176 cm³/mol. The topological polar surface area (TPSA) is 25.8 Å². The minimum atomic E-state index is -0.144. The largest absolute Gasteiger partial charge is 0.228 e. The van der Waals surface area contributed by atoms with Crippen molar-refractivity contribution < 1.29 is 5.48 Å². The van der Waals surface area contributed by atoms with Crippen LogP contribution in [0.5, 0.6) is 0 Å². The lowest BCUT2D eigenvalue weighted by molar-refractivity contribution is 1.18. The van der Waals surface area contributed by atoms with Gasteiger partial charge in [0.1, 0.15) is 0 Å². The molecule has 2 nitrogen and oxygen atoms in total. The van der Waals surface area contributed by atoms with Crippen LogP contribution < -0.4 is 0 Å². The molecule has 1 aromatic heterocycles. The van der Waals surface area contributed by atoms with Gasteiger partial charge >= 0.3 is 0 Å². The Labute approximate surface area is 250 Å². The molecule has 0 aliphatic carbocycles. The van der Waals surface area contributed by atoms with E-state index in [0.29, 0.717) is 22.8 Å². The van der Waals surface area contributed by atoms with E-state index >= 15 is 0 Å². The highest BCUT2D eigenvalue weighted by Gasteiger charge is 2.14. The fourth-order valence-corrected chi connectivity index (χ4v) is 5.70. The Morgan fingerprint density at radius 2 is 0.952 bits per heavy atom. The zero-order valence-electron chi connectivity index (χ0n) is 26.6. The maximum Gasteiger partial charge on any atom is 0.160 e. The van der Waals surface area contributed by atoms with Crippen LogP contribution in [0, 0.1) is 0 Å². The predicted octanol–water partition coefficient (Wildman–Crippen LogP) is 10.6. The van der Waals surface area contributed by atoms with Crippen LogP contribution in [-0.2, 0) is 0 Å². The number of aromatic nitrogens is 2. The van der Waals surface area contributed by atoms with E-state index in [1.165, 1.54) is 0 Å². The molecule has 0 aliphatic rings. The lowest BCUT2D eigenvalue weighted by Crippen LogP contribution is -1.96. The molecule has 2 heteroatoms. The molecule has 0 bridgehead atoms. The summed E-state index contributed by atoms with van der Waals surface area (Å²) in [6, 6.07) is 42.9. The monoisotopic (exact) mass is 538 g/mol. The van der Waals surface area contributed by atoms with E-state index in [4.69, 9.17) is 9.97 Å². The van der Waals surface area contributed by atoms with E-state index in [1.807, 2.05) is 103 Å². The molecule has 8 rings (SSSR count). The summed E-state index contributed by atoms with van der Waals surface area (Å²) in [6.45, 7) is 0. The Balaban J connectivity index is 1.42. The van der Waals surface area contributed by atoms with Gasteiger partial charge in [-0.15, -0.1) is 0 Å². The minimum absolute atomic E-state index is 0.108. The van der Waals surface area contributed by atoms with Crippen LogP contribution in [0.2, 0.25) is 0 Å². The van der Waals surface area contributed by atoms with Gasteiger partial charge in [-0.25, -0.2) is 9.97 Å². The molecule has 0 unspecified atom stereocenters. The Hall–Kier alpha value is -5.60. The van der Waals surface area contributed by atoms with E-state index in [0.717, 1.165) is 43.4 Å². The van der Waals surface area contributed by atoms with Gasteiger partial charge in [0.25, 0.3) is 0 Å². The van der Waals surface area contributed by atoms with Gasteiger partial charge in [-0.1, -0.05) is 145 Å². The molecule has 0 N–H and O–H groups in total. The van der Waals surface area contributed by atoms with Crippen molar-refractivity contribution >= 4 is 32.3 Å². The molecule has 0 saturated heterocycles. The molecule has 0 spiro atoms. The third-order valence-corrected chi connectivity index (χ3v) is 7.73. The van der Waals surface area contributed by atoms with Gasteiger partial charge in [-0.2, -0.15) is 0 Å². The maximum atomic E-state index is 9.38. The number of hydrogen-bond donors (Lipinski definition) is 0. The van der Waals surface area contributed by atoms with Crippen molar-refractivity contribution in [3.8, 4) is 45.0 Å². The summed E-state index contributed by atoms with van der Waals surface area (Å²) in [5.74, 6) is 0.449. The average Bonchev–Trinajstić information content (AvgIpc) is 3.11. The smallest absolute Gasteiger partial charge is 0.160 e. The van der Waals surface area contributed by atoms with Gasteiger partial charge in [-0.05, 0) is 55.6 Å². The first kappa shape index (κ1) is 20.3. The van der Waals surface area contributed by atoms with Crippen molar-refractivity contribution in [2.45, 2.75) is 0 Å². The molecule has 42 heavy (non-hydrogen) atoms. The molecule has 7 aromatic carbocycles. The zero-order valence-corrected chi connectivity index (χ0v) is 22.6. The molecular formula is C40H26N2. The average molecular weight is 539 g/mol. The summed E-state index contributed by atoms with van der Waals surface area (Å²) in [5.41, 5.74) is 3.75. The highest BCUT2D eigenvalue weighted by Crippen LogP contribution is 2.40. The molecule has 0 aliphatic heterocycles. The van der Waals surface area contributed by atoms with E-state index in [1.54, 1.807) is 6.07 Å². The highest BCUT2D eigenvalue weighted by atomic mass is 14.9. The summed E-state index contributed by atoms with van der Waals surface area (Å²) in [7, 11) is 0. The summed E-state index contributed by atoms with van der Waals surface area (Å²) in [4.78, 5) is 9.66. The second kappa shape index (κ2) is 10.1. The van der Waals surface area contributed by atoms with Crippen molar-refractivity contribution in [1.29, 1.82) is 0 Å². The van der Waals surface area contributed by atoms with E-state index in [9.17, 15) is 5.48 Å². The minimum Gasteiger partial charge on any atom is -0.228 e. The molecular weight excluding hydrogens is 508 g/mol. The molecule has 0 radical (unpaired) electrons. The molecule has 0 amide bonds. The van der Waals surface area contributed by atoms with Gasteiger partial charge in [0.05, 0.1) is 16.9 Å². The summed E-state index contributed by atoms with van der Waals surface area (Å²) >= 11 is 0. The molecule has 0 fully saturated rings. The SMILES string of the molecule is [2H]c1c([2H])c(-c2c3ccccc3cc3c2ccc2ccccc23)c([2H])c([2H])c1-c1cc(-c2ccccc2)nc(-c2ccccc2)n1. The summed E-state index contributed by atoms with van der Waals surface area (Å²) < 4.78 is 37.4. The summed E-state index contributed by atoms with van der Waals surface area (Å²) in [6.07, 6.45) is 0. The zero-order chi connectivity index (χ0) is 31.4. The Morgan fingerprint density at radius 3 is 1.69 bits per heavy atom. The van der Waals surface area contributed by atoms with Crippen molar-refractivity contribution in [2.75, 3.05) is 0 Å². The lowest BCUT2D eigenvalue weighted by Gasteiger charge is -2.15. The van der Waals surface area contributed by atoms with Crippen molar-refractivity contribution in [3.05, 3.63) is 158 Å². The molecule has 0 atom stereocenters. The van der Waals surface area contributed by atoms with Gasteiger partial charge in [0.2, 0.25) is 0 Å². The van der Waals surface area contributed by atoms with Crippen molar-refractivity contribution in [2.24, 2.45) is 0 Å². The number of fused-ring (bicyclic) bond motifs is 4. The number of nitrogens with zero attached hydrogens (tertiary/aromatic N) is 2. The van der Waals surface area contributed by atoms with E-state index < -0.39 is 0 Å². The van der Waals surface area contributed by atoms with E-state index in [-0.39, 0.29) is 35.3 Å². The third-order valence-electron chi connectivity index (χ3n) is 7.73. The molecule has 0 saturated carbocycles. The lowest BCUT2D eigenvalue weighted by atomic mass is 9.89. The third kappa shape index (κ3) is 4.22. The fraction of sp³-hybridized carbons (Fsp3) is 0. The van der Waals surface area contributed by atoms with Gasteiger partial charge < -0.3 is 0 Å². The number of benzene rings is 7. The standard InChI is InChI=1S/C40H26N2/c1-3-12-28(13-4-1)37-26-38(42-40(41-37)31-14-5-2-6-15-31)29-19-21-30(22-20-29)39-34-18-10-8-16-32(34)25-36-33-17-9-7-11-27(33)23-24-35(36)39/h1-26H/i19D,20D,21D,22D. The molecule has 196 valence electrons. The highest BCUT2D eigenvalue weighted by molar-refractivity contribution is 6.20. The van der Waals surface area contributed by atoms with Crippen molar-refractivity contribution in [1.82, 2.24) is 9.97 Å². The fourth-order valence-electron chi connectivity index (χ4n) is 5.70. The second-order valence-electron chi connectivity index (χ2n) is 10.3. The van der Waals surface area contributed by atoms with Gasteiger partial charge in [0.15, 0.2) is 5.82 Å². The Kier molecular flexibility index (Phi) is 4.88. The van der Waals surface area contributed by atoms with Crippen LogP contribution in [0.25, 0.3) is 77.3 Å². The van der Waals surface area contributed by atoms with E-state index in [2.05, 4.69) is 24.3 Å². The maximum absolute atomic E-state index is 9.38. The van der Waals surface area contributed by atoms with Crippen LogP contribution in [0.15, 0.2) is 158 Å². The van der Waals surface area contributed by atoms with Crippen molar-refractivity contribution in [3.63, 3.8) is 0 Å². The second-order valence-corrected chi connectivity index (χ2v) is 10.3. The first-order valence-corrected chi connectivity index (χ1v) is 13.9. The summed E-state index contributed by atoms with van der Waals surface area (Å²) in [5, 5.41) is 5.89. The first-order valence-electron chi connectivity index (χ1n) is 15.9. The first-order chi connectivity index (χ1) is 22.5. The molecule has 8 aromatic rings. The Bertz CT molecular complexity index is 2370. The van der Waals surface area contributed by atoms with Crippen LogP contribution >= 0.6 is 0 Å². The number of hydrogen-bond acceptors (Lipinski definition) is 2. The molecule has 1 heterocycles.